The fourth-order valence-corrected chi connectivity index (χ4v) is 1.49. The van der Waals surface area contributed by atoms with Crippen molar-refractivity contribution in [2.75, 3.05) is 5.32 Å². The van der Waals surface area contributed by atoms with Crippen LogP contribution in [-0.2, 0) is 4.79 Å². The highest BCUT2D eigenvalue weighted by atomic mass is 79.9. The standard InChI is InChI=1S/C10H14BrN3O/c1-2-3-8(12)10(15)14-9-4-5-13-6-7(9)11/h4-6,8H,2-3,12H2,1H3,(H,13,14,15)/t8-/m0/s1. The van der Waals surface area contributed by atoms with Gasteiger partial charge in [0.2, 0.25) is 5.91 Å². The molecule has 82 valence electrons. The number of nitrogens with two attached hydrogens (primary N) is 1. The van der Waals surface area contributed by atoms with Crippen LogP contribution in [0.25, 0.3) is 0 Å². The van der Waals surface area contributed by atoms with Gasteiger partial charge in [-0.3, -0.25) is 9.78 Å². The number of halogens is 1. The predicted octanol–water partition coefficient (Wildman–Crippen LogP) is 1.91. The molecule has 0 aliphatic rings. The number of hydrogen-bond donors (Lipinski definition) is 2. The summed E-state index contributed by atoms with van der Waals surface area (Å²) in [5, 5.41) is 2.74. The number of aromatic nitrogens is 1. The van der Waals surface area contributed by atoms with E-state index >= 15 is 0 Å². The van der Waals surface area contributed by atoms with Gasteiger partial charge in [-0.25, -0.2) is 0 Å². The quantitative estimate of drug-likeness (QED) is 0.879. The van der Waals surface area contributed by atoms with E-state index in [0.717, 1.165) is 10.9 Å². The van der Waals surface area contributed by atoms with Gasteiger partial charge in [0.25, 0.3) is 0 Å². The maximum Gasteiger partial charge on any atom is 0.241 e. The minimum atomic E-state index is -0.449. The molecule has 0 aromatic carbocycles. The van der Waals surface area contributed by atoms with Crippen molar-refractivity contribution < 1.29 is 4.79 Å². The third-order valence-corrected chi connectivity index (χ3v) is 2.60. The van der Waals surface area contributed by atoms with Gasteiger partial charge in [-0.05, 0) is 28.4 Å². The molecule has 0 unspecified atom stereocenters. The lowest BCUT2D eigenvalue weighted by Gasteiger charge is -2.11. The van der Waals surface area contributed by atoms with E-state index in [4.69, 9.17) is 5.73 Å². The Morgan fingerprint density at radius 1 is 1.73 bits per heavy atom. The van der Waals surface area contributed by atoms with Crippen LogP contribution in [0.3, 0.4) is 0 Å². The minimum Gasteiger partial charge on any atom is -0.324 e. The van der Waals surface area contributed by atoms with Crippen molar-refractivity contribution in [3.63, 3.8) is 0 Å². The molecule has 0 saturated carbocycles. The molecule has 5 heteroatoms. The van der Waals surface area contributed by atoms with Gasteiger partial charge in [-0.2, -0.15) is 0 Å². The maximum atomic E-state index is 11.6. The second kappa shape index (κ2) is 5.82. The Morgan fingerprint density at radius 3 is 3.07 bits per heavy atom. The average Bonchev–Trinajstić information content (AvgIpc) is 2.21. The molecule has 0 radical (unpaired) electrons. The molecule has 4 nitrogen and oxygen atoms in total. The number of amides is 1. The first-order valence-corrected chi connectivity index (χ1v) is 5.60. The monoisotopic (exact) mass is 271 g/mol. The van der Waals surface area contributed by atoms with Gasteiger partial charge in [0, 0.05) is 12.4 Å². The van der Waals surface area contributed by atoms with Crippen molar-refractivity contribution in [1.82, 2.24) is 4.98 Å². The van der Waals surface area contributed by atoms with Crippen LogP contribution >= 0.6 is 15.9 Å². The van der Waals surface area contributed by atoms with Crippen LogP contribution < -0.4 is 11.1 Å². The van der Waals surface area contributed by atoms with Gasteiger partial charge in [0.1, 0.15) is 0 Å². The lowest BCUT2D eigenvalue weighted by Crippen LogP contribution is -2.35. The van der Waals surface area contributed by atoms with E-state index in [1.54, 1.807) is 18.5 Å². The molecule has 0 spiro atoms. The highest BCUT2D eigenvalue weighted by molar-refractivity contribution is 9.10. The second-order valence-corrected chi connectivity index (χ2v) is 4.09. The molecule has 0 fully saturated rings. The molecular formula is C10H14BrN3O. The van der Waals surface area contributed by atoms with Gasteiger partial charge < -0.3 is 11.1 Å². The summed E-state index contributed by atoms with van der Waals surface area (Å²) in [6, 6.07) is 1.27. The first kappa shape index (κ1) is 12.1. The number of nitrogens with one attached hydrogen (secondary N) is 1. The summed E-state index contributed by atoms with van der Waals surface area (Å²) >= 11 is 3.29. The van der Waals surface area contributed by atoms with Crippen LogP contribution in [0.5, 0.6) is 0 Å². The number of nitrogens with zero attached hydrogens (tertiary/aromatic N) is 1. The van der Waals surface area contributed by atoms with Crippen molar-refractivity contribution in [3.8, 4) is 0 Å². The molecule has 1 aromatic heterocycles. The second-order valence-electron chi connectivity index (χ2n) is 3.24. The Labute approximate surface area is 97.4 Å². The lowest BCUT2D eigenvalue weighted by atomic mass is 10.1. The molecule has 1 heterocycles. The van der Waals surface area contributed by atoms with Crippen LogP contribution in [0.2, 0.25) is 0 Å². The van der Waals surface area contributed by atoms with E-state index in [1.165, 1.54) is 0 Å². The SMILES string of the molecule is CCC[C@H](N)C(=O)Nc1ccncc1Br. The molecule has 0 bridgehead atoms. The summed E-state index contributed by atoms with van der Waals surface area (Å²) in [6.45, 7) is 2.00. The van der Waals surface area contributed by atoms with E-state index in [0.29, 0.717) is 12.1 Å². The van der Waals surface area contributed by atoms with Gasteiger partial charge in [0.15, 0.2) is 0 Å². The fourth-order valence-electron chi connectivity index (χ4n) is 1.14. The molecule has 0 aliphatic heterocycles. The average molecular weight is 272 g/mol. The third-order valence-electron chi connectivity index (χ3n) is 1.97. The smallest absolute Gasteiger partial charge is 0.241 e. The van der Waals surface area contributed by atoms with Crippen LogP contribution in [0.15, 0.2) is 22.9 Å². The zero-order valence-electron chi connectivity index (χ0n) is 8.53. The minimum absolute atomic E-state index is 0.163. The van der Waals surface area contributed by atoms with Crippen LogP contribution in [-0.4, -0.2) is 16.9 Å². The van der Waals surface area contributed by atoms with Gasteiger partial charge in [-0.1, -0.05) is 13.3 Å². The molecule has 1 rings (SSSR count). The molecule has 1 amide bonds. The summed E-state index contributed by atoms with van der Waals surface area (Å²) < 4.78 is 0.752. The maximum absolute atomic E-state index is 11.6. The fraction of sp³-hybridized carbons (Fsp3) is 0.400. The van der Waals surface area contributed by atoms with Crippen molar-refractivity contribution in [2.24, 2.45) is 5.73 Å². The van der Waals surface area contributed by atoms with Gasteiger partial charge in [-0.15, -0.1) is 0 Å². The Kier molecular flexibility index (Phi) is 4.71. The first-order valence-electron chi connectivity index (χ1n) is 4.81. The van der Waals surface area contributed by atoms with E-state index < -0.39 is 6.04 Å². The number of carbonyl (C=O) groups excluding carboxylic acids is 1. The van der Waals surface area contributed by atoms with Crippen LogP contribution in [0, 0.1) is 0 Å². The Bertz CT molecular complexity index is 343. The number of hydrogen-bond acceptors (Lipinski definition) is 3. The molecule has 0 aliphatic carbocycles. The Morgan fingerprint density at radius 2 is 2.47 bits per heavy atom. The topological polar surface area (TPSA) is 68.0 Å². The first-order chi connectivity index (χ1) is 7.15. The largest absolute Gasteiger partial charge is 0.324 e. The Balaban J connectivity index is 2.62. The number of rotatable bonds is 4. The highest BCUT2D eigenvalue weighted by Crippen LogP contribution is 2.19. The summed E-state index contributed by atoms with van der Waals surface area (Å²) in [6.07, 6.45) is 4.83. The molecule has 15 heavy (non-hydrogen) atoms. The summed E-state index contributed by atoms with van der Waals surface area (Å²) in [5.41, 5.74) is 6.38. The van der Waals surface area contributed by atoms with E-state index in [2.05, 4.69) is 26.2 Å². The zero-order valence-corrected chi connectivity index (χ0v) is 10.1. The van der Waals surface area contributed by atoms with E-state index in [9.17, 15) is 4.79 Å². The van der Waals surface area contributed by atoms with Crippen LogP contribution in [0.4, 0.5) is 5.69 Å². The van der Waals surface area contributed by atoms with E-state index in [1.807, 2.05) is 6.92 Å². The highest BCUT2D eigenvalue weighted by Gasteiger charge is 2.13. The van der Waals surface area contributed by atoms with Crippen molar-refractivity contribution in [1.29, 1.82) is 0 Å². The van der Waals surface area contributed by atoms with E-state index in [-0.39, 0.29) is 5.91 Å². The van der Waals surface area contributed by atoms with Crippen molar-refractivity contribution in [3.05, 3.63) is 22.9 Å². The summed E-state index contributed by atoms with van der Waals surface area (Å²) in [5.74, 6) is -0.163. The van der Waals surface area contributed by atoms with Gasteiger partial charge in [0.05, 0.1) is 16.2 Å². The zero-order chi connectivity index (χ0) is 11.3. The molecular weight excluding hydrogens is 258 g/mol. The molecule has 1 atom stereocenters. The molecule has 3 N–H and O–H groups in total. The Hall–Kier alpha value is -0.940. The molecule has 0 saturated heterocycles. The normalized spacial score (nSPS) is 12.2. The van der Waals surface area contributed by atoms with Crippen molar-refractivity contribution >= 4 is 27.5 Å². The predicted molar refractivity (Wildman–Crippen MR) is 63.5 cm³/mol. The summed E-state index contributed by atoms with van der Waals surface area (Å²) in [4.78, 5) is 15.5. The molecule has 1 aromatic rings. The number of pyridine rings is 1. The number of anilines is 1. The van der Waals surface area contributed by atoms with Crippen molar-refractivity contribution in [2.45, 2.75) is 25.8 Å². The lowest BCUT2D eigenvalue weighted by molar-refractivity contribution is -0.117. The summed E-state index contributed by atoms with van der Waals surface area (Å²) in [7, 11) is 0. The third kappa shape index (κ3) is 3.60. The van der Waals surface area contributed by atoms with Crippen LogP contribution in [0.1, 0.15) is 19.8 Å². The number of carbonyl (C=O) groups is 1. The van der Waals surface area contributed by atoms with Gasteiger partial charge >= 0.3 is 0 Å².